The van der Waals surface area contributed by atoms with Crippen molar-refractivity contribution in [3.8, 4) is 0 Å². The van der Waals surface area contributed by atoms with E-state index in [0.717, 1.165) is 21.7 Å². The second-order valence-corrected chi connectivity index (χ2v) is 4.33. The third-order valence-corrected chi connectivity index (χ3v) is 3.19. The summed E-state index contributed by atoms with van der Waals surface area (Å²) < 4.78 is 0. The molecule has 0 saturated carbocycles. The fourth-order valence-electron chi connectivity index (χ4n) is 2.19. The smallest absolute Gasteiger partial charge is 0.180 e. The van der Waals surface area contributed by atoms with Crippen molar-refractivity contribution in [3.63, 3.8) is 0 Å². The van der Waals surface area contributed by atoms with Gasteiger partial charge in [0.1, 0.15) is 5.69 Å². The molecule has 0 atom stereocenters. The molecular formula is C16H13NO. The molecule has 0 aliphatic heterocycles. The fraction of sp³-hybridized carbons (Fsp3) is 0.125. The predicted molar refractivity (Wildman–Crippen MR) is 73.9 cm³/mol. The van der Waals surface area contributed by atoms with E-state index in [1.54, 1.807) is 0 Å². The Hall–Kier alpha value is -2.22. The van der Waals surface area contributed by atoms with Gasteiger partial charge in [-0.25, -0.2) is 4.98 Å². The first-order chi connectivity index (χ1) is 8.79. The molecule has 0 fully saturated rings. The zero-order valence-corrected chi connectivity index (χ0v) is 10.2. The summed E-state index contributed by atoms with van der Waals surface area (Å²) in [6, 6.07) is 16.0. The molecule has 3 rings (SSSR count). The monoisotopic (exact) mass is 235 g/mol. The Morgan fingerprint density at radius 2 is 1.72 bits per heavy atom. The maximum Gasteiger partial charge on any atom is 0.180 e. The van der Waals surface area contributed by atoms with Crippen LogP contribution >= 0.6 is 0 Å². The standard InChI is InChI=1S/C16H13NO/c1-2-15(18)14-10-9-12-8-7-11-5-3-4-6-13(11)16(12)17-14/h3-10H,2H2,1H3. The normalized spacial score (nSPS) is 10.9. The van der Waals surface area contributed by atoms with Gasteiger partial charge < -0.3 is 0 Å². The minimum Gasteiger partial charge on any atom is -0.292 e. The Kier molecular flexibility index (Phi) is 2.56. The van der Waals surface area contributed by atoms with E-state index in [4.69, 9.17) is 0 Å². The van der Waals surface area contributed by atoms with Gasteiger partial charge in [-0.3, -0.25) is 4.79 Å². The molecule has 2 aromatic carbocycles. The highest BCUT2D eigenvalue weighted by atomic mass is 16.1. The summed E-state index contributed by atoms with van der Waals surface area (Å²) in [5.74, 6) is 0.0878. The van der Waals surface area contributed by atoms with Gasteiger partial charge in [0.2, 0.25) is 0 Å². The quantitative estimate of drug-likeness (QED) is 0.496. The van der Waals surface area contributed by atoms with E-state index in [0.29, 0.717) is 12.1 Å². The second-order valence-electron chi connectivity index (χ2n) is 4.33. The van der Waals surface area contributed by atoms with Gasteiger partial charge in [-0.05, 0) is 11.5 Å². The first kappa shape index (κ1) is 10.9. The topological polar surface area (TPSA) is 30.0 Å². The van der Waals surface area contributed by atoms with Crippen LogP contribution in [0.25, 0.3) is 21.7 Å². The molecule has 0 unspecified atom stereocenters. The number of carbonyl (C=O) groups is 1. The summed E-state index contributed by atoms with van der Waals surface area (Å²) in [7, 11) is 0. The molecule has 0 saturated heterocycles. The summed E-state index contributed by atoms with van der Waals surface area (Å²) >= 11 is 0. The van der Waals surface area contributed by atoms with Crippen LogP contribution in [0.4, 0.5) is 0 Å². The number of pyridine rings is 1. The highest BCUT2D eigenvalue weighted by molar-refractivity contribution is 6.06. The molecule has 0 spiro atoms. The zero-order chi connectivity index (χ0) is 12.5. The van der Waals surface area contributed by atoms with Crippen LogP contribution in [-0.2, 0) is 0 Å². The van der Waals surface area contributed by atoms with E-state index in [1.165, 1.54) is 0 Å². The van der Waals surface area contributed by atoms with E-state index in [1.807, 2.05) is 43.3 Å². The molecule has 0 bridgehead atoms. The van der Waals surface area contributed by atoms with Crippen molar-refractivity contribution >= 4 is 27.5 Å². The molecule has 2 heteroatoms. The second kappa shape index (κ2) is 4.22. The molecule has 2 nitrogen and oxygen atoms in total. The Morgan fingerprint density at radius 1 is 1.00 bits per heavy atom. The van der Waals surface area contributed by atoms with E-state index in [-0.39, 0.29) is 5.78 Å². The number of Topliss-reactive ketones (excluding diaryl/α,β-unsaturated/α-hetero) is 1. The molecule has 1 aromatic heterocycles. The third-order valence-electron chi connectivity index (χ3n) is 3.19. The third kappa shape index (κ3) is 1.66. The zero-order valence-electron chi connectivity index (χ0n) is 10.2. The molecule has 0 aliphatic carbocycles. The fourth-order valence-corrected chi connectivity index (χ4v) is 2.19. The lowest BCUT2D eigenvalue weighted by atomic mass is 10.1. The van der Waals surface area contributed by atoms with E-state index >= 15 is 0 Å². The van der Waals surface area contributed by atoms with Crippen molar-refractivity contribution in [1.29, 1.82) is 0 Å². The Labute approximate surface area is 105 Å². The molecule has 0 radical (unpaired) electrons. The number of hydrogen-bond acceptors (Lipinski definition) is 2. The minimum absolute atomic E-state index is 0.0878. The maximum absolute atomic E-state index is 11.7. The lowest BCUT2D eigenvalue weighted by Gasteiger charge is -2.04. The first-order valence-corrected chi connectivity index (χ1v) is 6.11. The predicted octanol–water partition coefficient (Wildman–Crippen LogP) is 3.98. The summed E-state index contributed by atoms with van der Waals surface area (Å²) in [5.41, 5.74) is 1.47. The molecule has 0 aliphatic rings. The SMILES string of the molecule is CCC(=O)c1ccc2ccc3ccccc3c2n1. The van der Waals surface area contributed by atoms with Crippen LogP contribution in [-0.4, -0.2) is 10.8 Å². The number of carbonyl (C=O) groups excluding carboxylic acids is 1. The summed E-state index contributed by atoms with van der Waals surface area (Å²) in [5, 5.41) is 3.32. The van der Waals surface area contributed by atoms with Crippen LogP contribution in [0.1, 0.15) is 23.8 Å². The molecule has 88 valence electrons. The summed E-state index contributed by atoms with van der Waals surface area (Å²) in [6.45, 7) is 1.86. The van der Waals surface area contributed by atoms with Gasteiger partial charge in [0.05, 0.1) is 5.52 Å². The van der Waals surface area contributed by atoms with Crippen LogP contribution in [0, 0.1) is 0 Å². The van der Waals surface area contributed by atoms with Gasteiger partial charge in [0, 0.05) is 17.2 Å². The van der Waals surface area contributed by atoms with Gasteiger partial charge >= 0.3 is 0 Å². The first-order valence-electron chi connectivity index (χ1n) is 6.11. The van der Waals surface area contributed by atoms with Crippen molar-refractivity contribution in [2.45, 2.75) is 13.3 Å². The Morgan fingerprint density at radius 3 is 2.56 bits per heavy atom. The lowest BCUT2D eigenvalue weighted by molar-refractivity contribution is 0.0984. The number of ketones is 1. The van der Waals surface area contributed by atoms with E-state index < -0.39 is 0 Å². The van der Waals surface area contributed by atoms with E-state index in [9.17, 15) is 4.79 Å². The van der Waals surface area contributed by atoms with Gasteiger partial charge in [-0.2, -0.15) is 0 Å². The van der Waals surface area contributed by atoms with Crippen LogP contribution < -0.4 is 0 Å². The number of aromatic nitrogens is 1. The Bertz CT molecular complexity index is 746. The van der Waals surface area contributed by atoms with Crippen LogP contribution in [0.5, 0.6) is 0 Å². The highest BCUT2D eigenvalue weighted by Gasteiger charge is 2.07. The Balaban J connectivity index is 2.36. The van der Waals surface area contributed by atoms with Crippen molar-refractivity contribution < 1.29 is 4.79 Å². The molecule has 0 N–H and O–H groups in total. The largest absolute Gasteiger partial charge is 0.292 e. The van der Waals surface area contributed by atoms with Crippen LogP contribution in [0.15, 0.2) is 48.5 Å². The number of fused-ring (bicyclic) bond motifs is 3. The summed E-state index contributed by atoms with van der Waals surface area (Å²) in [6.07, 6.45) is 0.489. The van der Waals surface area contributed by atoms with Crippen molar-refractivity contribution in [2.24, 2.45) is 0 Å². The molecule has 18 heavy (non-hydrogen) atoms. The summed E-state index contributed by atoms with van der Waals surface area (Å²) in [4.78, 5) is 16.3. The minimum atomic E-state index is 0.0878. The number of nitrogens with zero attached hydrogens (tertiary/aromatic N) is 1. The van der Waals surface area contributed by atoms with Crippen molar-refractivity contribution in [2.75, 3.05) is 0 Å². The molecule has 1 heterocycles. The van der Waals surface area contributed by atoms with Gasteiger partial charge in [0.25, 0.3) is 0 Å². The highest BCUT2D eigenvalue weighted by Crippen LogP contribution is 2.24. The maximum atomic E-state index is 11.7. The average molecular weight is 235 g/mol. The van der Waals surface area contributed by atoms with Crippen LogP contribution in [0.3, 0.4) is 0 Å². The average Bonchev–Trinajstić information content (AvgIpc) is 2.45. The van der Waals surface area contributed by atoms with Gasteiger partial charge in [0.15, 0.2) is 5.78 Å². The lowest BCUT2D eigenvalue weighted by Crippen LogP contribution is -2.00. The van der Waals surface area contributed by atoms with Gasteiger partial charge in [-0.1, -0.05) is 49.4 Å². The molecular weight excluding hydrogens is 222 g/mol. The van der Waals surface area contributed by atoms with Crippen LogP contribution in [0.2, 0.25) is 0 Å². The number of rotatable bonds is 2. The van der Waals surface area contributed by atoms with Crippen molar-refractivity contribution in [1.82, 2.24) is 4.98 Å². The van der Waals surface area contributed by atoms with Crippen molar-refractivity contribution in [3.05, 3.63) is 54.2 Å². The molecule has 3 aromatic rings. The van der Waals surface area contributed by atoms with E-state index in [2.05, 4.69) is 17.1 Å². The van der Waals surface area contributed by atoms with Gasteiger partial charge in [-0.15, -0.1) is 0 Å². The number of hydrogen-bond donors (Lipinski definition) is 0. The molecule has 0 amide bonds. The number of benzene rings is 2.